The monoisotopic (exact) mass is 222 g/mol. The quantitative estimate of drug-likeness (QED) is 0.694. The molecule has 0 aromatic rings. The van der Waals surface area contributed by atoms with Gasteiger partial charge in [0, 0.05) is 27.2 Å². The molecule has 5 nitrogen and oxygen atoms in total. The van der Waals surface area contributed by atoms with Crippen LogP contribution in [0.5, 0.6) is 0 Å². The first-order valence-corrected chi connectivity index (χ1v) is 6.05. The largest absolute Gasteiger partial charge is 0.390 e. The van der Waals surface area contributed by atoms with Crippen molar-refractivity contribution in [3.8, 4) is 0 Å². The van der Waals surface area contributed by atoms with E-state index in [0.717, 1.165) is 0 Å². The molecular weight excluding hydrogens is 204 g/mol. The predicted octanol–water partition coefficient (Wildman–Crippen LogP) is -0.360. The van der Waals surface area contributed by atoms with E-state index in [1.807, 2.05) is 0 Å². The van der Waals surface area contributed by atoms with E-state index in [1.54, 1.807) is 6.92 Å². The van der Waals surface area contributed by atoms with Gasteiger partial charge in [0.25, 0.3) is 10.2 Å². The van der Waals surface area contributed by atoms with Crippen molar-refractivity contribution in [2.24, 2.45) is 0 Å². The highest BCUT2D eigenvalue weighted by Crippen LogP contribution is 2.23. The number of piperidine rings is 1. The maximum absolute atomic E-state index is 11.7. The van der Waals surface area contributed by atoms with Gasteiger partial charge in [-0.1, -0.05) is 0 Å². The standard InChI is InChI=1S/C8H18N2O3S/c1-8(11)4-6-10(7-5-8)14(12,13)9(2)3/h11H,4-7H2,1-3H3. The molecule has 0 radical (unpaired) electrons. The first kappa shape index (κ1) is 11.9. The molecule has 0 aromatic heterocycles. The molecule has 0 bridgehead atoms. The van der Waals surface area contributed by atoms with Crippen LogP contribution in [0, 0.1) is 0 Å². The van der Waals surface area contributed by atoms with Crippen LogP contribution >= 0.6 is 0 Å². The van der Waals surface area contributed by atoms with Gasteiger partial charge in [0.05, 0.1) is 5.60 Å². The van der Waals surface area contributed by atoms with Crippen LogP contribution in [0.2, 0.25) is 0 Å². The SMILES string of the molecule is CN(C)S(=O)(=O)N1CCC(C)(O)CC1. The van der Waals surface area contributed by atoms with Crippen LogP contribution in [-0.2, 0) is 10.2 Å². The van der Waals surface area contributed by atoms with Crippen LogP contribution in [0.1, 0.15) is 19.8 Å². The van der Waals surface area contributed by atoms with Gasteiger partial charge in [-0.15, -0.1) is 0 Å². The van der Waals surface area contributed by atoms with Crippen LogP contribution in [0.3, 0.4) is 0 Å². The summed E-state index contributed by atoms with van der Waals surface area (Å²) in [6.45, 7) is 2.54. The van der Waals surface area contributed by atoms with Gasteiger partial charge < -0.3 is 5.11 Å². The predicted molar refractivity (Wildman–Crippen MR) is 54.0 cm³/mol. The van der Waals surface area contributed by atoms with E-state index in [9.17, 15) is 13.5 Å². The number of hydrogen-bond acceptors (Lipinski definition) is 3. The fourth-order valence-corrected chi connectivity index (χ4v) is 2.54. The van der Waals surface area contributed by atoms with E-state index in [0.29, 0.717) is 25.9 Å². The summed E-state index contributed by atoms with van der Waals surface area (Å²) in [5.41, 5.74) is -0.710. The lowest BCUT2D eigenvalue weighted by molar-refractivity contribution is 0.0118. The van der Waals surface area contributed by atoms with E-state index >= 15 is 0 Å². The van der Waals surface area contributed by atoms with E-state index in [1.165, 1.54) is 22.7 Å². The molecule has 0 atom stereocenters. The average Bonchev–Trinajstić information content (AvgIpc) is 2.03. The smallest absolute Gasteiger partial charge is 0.281 e. The maximum atomic E-state index is 11.7. The Bertz CT molecular complexity index is 288. The highest BCUT2D eigenvalue weighted by atomic mass is 32.2. The van der Waals surface area contributed by atoms with Gasteiger partial charge in [-0.25, -0.2) is 0 Å². The zero-order chi connectivity index (χ0) is 11.0. The third-order valence-electron chi connectivity index (χ3n) is 2.59. The molecule has 0 aromatic carbocycles. The van der Waals surface area contributed by atoms with E-state index in [-0.39, 0.29) is 0 Å². The number of rotatable bonds is 2. The van der Waals surface area contributed by atoms with Gasteiger partial charge >= 0.3 is 0 Å². The summed E-state index contributed by atoms with van der Waals surface area (Å²) in [7, 11) is -0.263. The second kappa shape index (κ2) is 3.77. The molecule has 0 saturated carbocycles. The topological polar surface area (TPSA) is 60.9 Å². The molecule has 14 heavy (non-hydrogen) atoms. The Morgan fingerprint density at radius 1 is 1.29 bits per heavy atom. The lowest BCUT2D eigenvalue weighted by Crippen LogP contribution is -2.48. The van der Waals surface area contributed by atoms with Gasteiger partial charge in [0.2, 0.25) is 0 Å². The van der Waals surface area contributed by atoms with Gasteiger partial charge in [-0.2, -0.15) is 17.0 Å². The Balaban J connectivity index is 2.68. The van der Waals surface area contributed by atoms with Gasteiger partial charge in [0.15, 0.2) is 0 Å². The first-order chi connectivity index (χ1) is 6.26. The van der Waals surface area contributed by atoms with Crippen molar-refractivity contribution in [2.75, 3.05) is 27.2 Å². The second-order valence-corrected chi connectivity index (χ2v) is 6.33. The van der Waals surface area contributed by atoms with Crippen molar-refractivity contribution in [2.45, 2.75) is 25.4 Å². The Morgan fingerprint density at radius 2 is 1.71 bits per heavy atom. The van der Waals surface area contributed by atoms with Crippen molar-refractivity contribution >= 4 is 10.2 Å². The van der Waals surface area contributed by atoms with E-state index < -0.39 is 15.8 Å². The van der Waals surface area contributed by atoms with Crippen molar-refractivity contribution in [3.63, 3.8) is 0 Å². The summed E-state index contributed by atoms with van der Waals surface area (Å²) in [4.78, 5) is 0. The molecule has 84 valence electrons. The van der Waals surface area contributed by atoms with Crippen molar-refractivity contribution in [3.05, 3.63) is 0 Å². The lowest BCUT2D eigenvalue weighted by atomic mass is 9.95. The summed E-state index contributed by atoms with van der Waals surface area (Å²) in [5.74, 6) is 0. The fourth-order valence-electron chi connectivity index (χ4n) is 1.43. The van der Waals surface area contributed by atoms with Crippen molar-refractivity contribution < 1.29 is 13.5 Å². The molecule has 1 rings (SSSR count). The Morgan fingerprint density at radius 3 is 2.07 bits per heavy atom. The van der Waals surface area contributed by atoms with Crippen LogP contribution in [0.25, 0.3) is 0 Å². The summed E-state index contributed by atoms with van der Waals surface area (Å²) < 4.78 is 25.9. The molecule has 0 aliphatic carbocycles. The first-order valence-electron chi connectivity index (χ1n) is 4.66. The summed E-state index contributed by atoms with van der Waals surface area (Å²) >= 11 is 0. The van der Waals surface area contributed by atoms with Crippen molar-refractivity contribution in [1.82, 2.24) is 8.61 Å². The third-order valence-corrected chi connectivity index (χ3v) is 4.53. The van der Waals surface area contributed by atoms with Gasteiger partial charge in [-0.05, 0) is 19.8 Å². The molecule has 1 saturated heterocycles. The number of hydrogen-bond donors (Lipinski definition) is 1. The fraction of sp³-hybridized carbons (Fsp3) is 1.00. The average molecular weight is 222 g/mol. The Kier molecular flexibility index (Phi) is 3.20. The van der Waals surface area contributed by atoms with Crippen LogP contribution in [-0.4, -0.2) is 54.9 Å². The van der Waals surface area contributed by atoms with Crippen LogP contribution < -0.4 is 0 Å². The molecular formula is C8H18N2O3S. The zero-order valence-electron chi connectivity index (χ0n) is 8.89. The zero-order valence-corrected chi connectivity index (χ0v) is 9.71. The minimum Gasteiger partial charge on any atom is -0.390 e. The lowest BCUT2D eigenvalue weighted by Gasteiger charge is -2.35. The third kappa shape index (κ3) is 2.44. The highest BCUT2D eigenvalue weighted by molar-refractivity contribution is 7.86. The minimum absolute atomic E-state index is 0.396. The number of aliphatic hydroxyl groups is 1. The summed E-state index contributed by atoms with van der Waals surface area (Å²) in [5, 5.41) is 9.66. The highest BCUT2D eigenvalue weighted by Gasteiger charge is 2.33. The summed E-state index contributed by atoms with van der Waals surface area (Å²) in [6.07, 6.45) is 1.00. The van der Waals surface area contributed by atoms with Crippen LogP contribution in [0.15, 0.2) is 0 Å². The molecule has 6 heteroatoms. The number of nitrogens with zero attached hydrogens (tertiary/aromatic N) is 2. The maximum Gasteiger partial charge on any atom is 0.281 e. The van der Waals surface area contributed by atoms with Gasteiger partial charge in [-0.3, -0.25) is 0 Å². The molecule has 1 N–H and O–H groups in total. The second-order valence-electron chi connectivity index (χ2n) is 4.19. The molecule has 1 fully saturated rings. The Labute approximate surface area is 85.5 Å². The van der Waals surface area contributed by atoms with Gasteiger partial charge in [0.1, 0.15) is 0 Å². The minimum atomic E-state index is -3.29. The van der Waals surface area contributed by atoms with E-state index in [2.05, 4.69) is 0 Å². The van der Waals surface area contributed by atoms with Crippen molar-refractivity contribution in [1.29, 1.82) is 0 Å². The molecule has 0 amide bonds. The molecule has 1 aliphatic heterocycles. The summed E-state index contributed by atoms with van der Waals surface area (Å²) in [6, 6.07) is 0. The normalized spacial score (nSPS) is 24.1. The molecule has 0 unspecified atom stereocenters. The van der Waals surface area contributed by atoms with E-state index in [4.69, 9.17) is 0 Å². The van der Waals surface area contributed by atoms with Crippen LogP contribution in [0.4, 0.5) is 0 Å². The molecule has 0 spiro atoms. The molecule has 1 heterocycles. The molecule has 1 aliphatic rings. The Hall–Kier alpha value is -0.170.